The standard InChI is InChI=1S/C15H11N3O3S/c1-2-5-22-15-17-13(10(7-16)14(19)18-15)9-3-4-11-12(6-9)21-8-20-11/h2-4,6H,1,5,8H2,(H,17,18,19). The largest absolute Gasteiger partial charge is 0.454 e. The van der Waals surface area contributed by atoms with Gasteiger partial charge < -0.3 is 14.5 Å². The number of fused-ring (bicyclic) bond motifs is 1. The maximum atomic E-state index is 12.0. The van der Waals surface area contributed by atoms with E-state index in [1.807, 2.05) is 6.07 Å². The lowest BCUT2D eigenvalue weighted by Crippen LogP contribution is -2.14. The molecule has 6 nitrogen and oxygen atoms in total. The first-order valence-corrected chi connectivity index (χ1v) is 7.39. The third-order valence-corrected chi connectivity index (χ3v) is 3.86. The van der Waals surface area contributed by atoms with E-state index in [0.717, 1.165) is 0 Å². The summed E-state index contributed by atoms with van der Waals surface area (Å²) in [7, 11) is 0. The van der Waals surface area contributed by atoms with Gasteiger partial charge >= 0.3 is 0 Å². The van der Waals surface area contributed by atoms with Gasteiger partial charge in [-0.3, -0.25) is 4.79 Å². The number of hydrogen-bond donors (Lipinski definition) is 1. The number of H-pyrrole nitrogens is 1. The van der Waals surface area contributed by atoms with Gasteiger partial charge in [-0.1, -0.05) is 17.8 Å². The topological polar surface area (TPSA) is 88.0 Å². The van der Waals surface area contributed by atoms with E-state index in [1.165, 1.54) is 11.8 Å². The number of aromatic nitrogens is 2. The van der Waals surface area contributed by atoms with Crippen LogP contribution in [-0.4, -0.2) is 22.5 Å². The minimum absolute atomic E-state index is 0.0261. The van der Waals surface area contributed by atoms with Gasteiger partial charge in [0.1, 0.15) is 11.6 Å². The lowest BCUT2D eigenvalue weighted by Gasteiger charge is -2.06. The summed E-state index contributed by atoms with van der Waals surface area (Å²) in [6, 6.07) is 7.10. The van der Waals surface area contributed by atoms with Crippen molar-refractivity contribution in [1.82, 2.24) is 9.97 Å². The quantitative estimate of drug-likeness (QED) is 0.529. The highest BCUT2D eigenvalue weighted by atomic mass is 32.2. The van der Waals surface area contributed by atoms with Crippen LogP contribution in [0.15, 0.2) is 40.8 Å². The molecule has 1 N–H and O–H groups in total. The van der Waals surface area contributed by atoms with Crippen molar-refractivity contribution in [3.63, 3.8) is 0 Å². The molecule has 2 heterocycles. The molecule has 3 rings (SSSR count). The van der Waals surface area contributed by atoms with Crippen LogP contribution in [0.25, 0.3) is 11.3 Å². The summed E-state index contributed by atoms with van der Waals surface area (Å²) in [5.41, 5.74) is 0.474. The number of hydrogen-bond acceptors (Lipinski definition) is 6. The highest BCUT2D eigenvalue weighted by Crippen LogP contribution is 2.36. The van der Waals surface area contributed by atoms with Crippen molar-refractivity contribution in [2.24, 2.45) is 0 Å². The molecular formula is C15H11N3O3S. The summed E-state index contributed by atoms with van der Waals surface area (Å²) in [6.07, 6.45) is 1.71. The maximum Gasteiger partial charge on any atom is 0.270 e. The van der Waals surface area contributed by atoms with Crippen molar-refractivity contribution < 1.29 is 9.47 Å². The molecule has 0 atom stereocenters. The van der Waals surface area contributed by atoms with Gasteiger partial charge in [-0.15, -0.1) is 6.58 Å². The second-order valence-electron chi connectivity index (χ2n) is 4.37. The first-order chi connectivity index (χ1) is 10.7. The molecule has 0 radical (unpaired) electrons. The fraction of sp³-hybridized carbons (Fsp3) is 0.133. The van der Waals surface area contributed by atoms with Crippen LogP contribution >= 0.6 is 11.8 Å². The van der Waals surface area contributed by atoms with Crippen molar-refractivity contribution in [3.05, 3.63) is 46.8 Å². The Morgan fingerprint density at radius 3 is 3.05 bits per heavy atom. The normalized spacial score (nSPS) is 12.0. The van der Waals surface area contributed by atoms with Crippen LogP contribution in [0.5, 0.6) is 11.5 Å². The second-order valence-corrected chi connectivity index (χ2v) is 5.38. The summed E-state index contributed by atoms with van der Waals surface area (Å²) in [6.45, 7) is 3.79. The van der Waals surface area contributed by atoms with E-state index in [-0.39, 0.29) is 12.4 Å². The molecule has 0 amide bonds. The van der Waals surface area contributed by atoms with Crippen molar-refractivity contribution in [3.8, 4) is 28.8 Å². The number of nitrogens with one attached hydrogen (secondary N) is 1. The highest BCUT2D eigenvalue weighted by Gasteiger charge is 2.18. The van der Waals surface area contributed by atoms with E-state index in [0.29, 0.717) is 33.7 Å². The third kappa shape index (κ3) is 2.56. The molecule has 110 valence electrons. The zero-order chi connectivity index (χ0) is 15.5. The highest BCUT2D eigenvalue weighted by molar-refractivity contribution is 7.99. The van der Waals surface area contributed by atoms with Crippen molar-refractivity contribution in [1.29, 1.82) is 5.26 Å². The predicted molar refractivity (Wildman–Crippen MR) is 82.1 cm³/mol. The first kappa shape index (κ1) is 14.2. The van der Waals surface area contributed by atoms with E-state index in [9.17, 15) is 10.1 Å². The molecule has 0 bridgehead atoms. The van der Waals surface area contributed by atoms with Gasteiger partial charge in [0.15, 0.2) is 16.7 Å². The third-order valence-electron chi connectivity index (χ3n) is 2.99. The van der Waals surface area contributed by atoms with E-state index in [4.69, 9.17) is 9.47 Å². The molecular weight excluding hydrogens is 302 g/mol. The molecule has 0 fully saturated rings. The summed E-state index contributed by atoms with van der Waals surface area (Å²) in [5, 5.41) is 9.67. The molecule has 22 heavy (non-hydrogen) atoms. The fourth-order valence-corrected chi connectivity index (χ4v) is 2.61. The van der Waals surface area contributed by atoms with Crippen LogP contribution < -0.4 is 15.0 Å². The predicted octanol–water partition coefficient (Wildman–Crippen LogP) is 2.32. The molecule has 0 spiro atoms. The molecule has 7 heteroatoms. The number of ether oxygens (including phenoxy) is 2. The summed E-state index contributed by atoms with van der Waals surface area (Å²) in [4.78, 5) is 19.0. The second kappa shape index (κ2) is 5.95. The average Bonchev–Trinajstić information content (AvgIpc) is 2.99. The lowest BCUT2D eigenvalue weighted by atomic mass is 10.1. The summed E-state index contributed by atoms with van der Waals surface area (Å²) < 4.78 is 10.6. The van der Waals surface area contributed by atoms with Crippen LogP contribution in [0.1, 0.15) is 5.56 Å². The Morgan fingerprint density at radius 2 is 2.27 bits per heavy atom. The van der Waals surface area contributed by atoms with Crippen LogP contribution in [0.2, 0.25) is 0 Å². The zero-order valence-electron chi connectivity index (χ0n) is 11.5. The number of thioether (sulfide) groups is 1. The van der Waals surface area contributed by atoms with Gasteiger partial charge in [0.2, 0.25) is 6.79 Å². The number of rotatable bonds is 4. The van der Waals surface area contributed by atoms with Crippen molar-refractivity contribution in [2.75, 3.05) is 12.5 Å². The van der Waals surface area contributed by atoms with Gasteiger partial charge in [0.25, 0.3) is 5.56 Å². The Bertz CT molecular complexity index is 839. The summed E-state index contributed by atoms with van der Waals surface area (Å²) in [5.74, 6) is 1.81. The van der Waals surface area contributed by atoms with Gasteiger partial charge in [-0.25, -0.2) is 4.98 Å². The maximum absolute atomic E-state index is 12.0. The monoisotopic (exact) mass is 313 g/mol. The van der Waals surface area contributed by atoms with Crippen LogP contribution in [-0.2, 0) is 0 Å². The van der Waals surface area contributed by atoms with Gasteiger partial charge in [0.05, 0.1) is 5.69 Å². The molecule has 0 saturated heterocycles. The van der Waals surface area contributed by atoms with E-state index < -0.39 is 5.56 Å². The van der Waals surface area contributed by atoms with E-state index in [2.05, 4.69) is 16.5 Å². The first-order valence-electron chi connectivity index (χ1n) is 6.41. The Balaban J connectivity index is 2.12. The number of benzene rings is 1. The molecule has 1 aliphatic heterocycles. The smallest absolute Gasteiger partial charge is 0.270 e. The molecule has 1 aromatic carbocycles. The number of nitrogens with zero attached hydrogens (tertiary/aromatic N) is 2. The Morgan fingerprint density at radius 1 is 1.45 bits per heavy atom. The average molecular weight is 313 g/mol. The van der Waals surface area contributed by atoms with Crippen molar-refractivity contribution >= 4 is 11.8 Å². The minimum Gasteiger partial charge on any atom is -0.454 e. The molecule has 0 saturated carbocycles. The Hall–Kier alpha value is -2.72. The SMILES string of the molecule is C=CCSc1nc(-c2ccc3c(c2)OCO3)c(C#N)c(=O)[nH]1. The van der Waals surface area contributed by atoms with Gasteiger partial charge in [-0.05, 0) is 18.2 Å². The lowest BCUT2D eigenvalue weighted by molar-refractivity contribution is 0.174. The van der Waals surface area contributed by atoms with Gasteiger partial charge in [-0.2, -0.15) is 5.26 Å². The number of aromatic amines is 1. The summed E-state index contributed by atoms with van der Waals surface area (Å²) >= 11 is 1.34. The Kier molecular flexibility index (Phi) is 3.85. The minimum atomic E-state index is -0.461. The fourth-order valence-electron chi connectivity index (χ4n) is 2.02. The molecule has 1 aromatic heterocycles. The van der Waals surface area contributed by atoms with E-state index >= 15 is 0 Å². The number of nitriles is 1. The molecule has 1 aliphatic rings. The van der Waals surface area contributed by atoms with Crippen LogP contribution in [0.4, 0.5) is 0 Å². The zero-order valence-corrected chi connectivity index (χ0v) is 12.3. The van der Waals surface area contributed by atoms with Crippen LogP contribution in [0, 0.1) is 11.3 Å². The van der Waals surface area contributed by atoms with Gasteiger partial charge in [0, 0.05) is 11.3 Å². The van der Waals surface area contributed by atoms with E-state index in [1.54, 1.807) is 24.3 Å². The molecule has 2 aromatic rings. The van der Waals surface area contributed by atoms with Crippen LogP contribution in [0.3, 0.4) is 0 Å². The Labute approximate surface area is 130 Å². The molecule has 0 unspecified atom stereocenters. The van der Waals surface area contributed by atoms with Crippen molar-refractivity contribution in [2.45, 2.75) is 5.16 Å². The molecule has 0 aliphatic carbocycles.